The van der Waals surface area contributed by atoms with E-state index < -0.39 is 12.1 Å². The molecular weight excluding hydrogens is 294 g/mol. The quantitative estimate of drug-likeness (QED) is 0.680. The van der Waals surface area contributed by atoms with E-state index in [4.69, 9.17) is 4.74 Å². The van der Waals surface area contributed by atoms with Gasteiger partial charge in [0.2, 0.25) is 11.7 Å². The predicted octanol–water partition coefficient (Wildman–Crippen LogP) is 3.07. The number of nitrogens with one attached hydrogen (secondary N) is 1. The van der Waals surface area contributed by atoms with E-state index in [2.05, 4.69) is 5.32 Å². The van der Waals surface area contributed by atoms with E-state index in [1.807, 2.05) is 6.07 Å². The van der Waals surface area contributed by atoms with Gasteiger partial charge in [-0.3, -0.25) is 9.59 Å². The molecule has 0 aromatic heterocycles. The van der Waals surface area contributed by atoms with Crippen LogP contribution in [0.15, 0.2) is 54.6 Å². The maximum Gasteiger partial charge on any atom is 0.338 e. The molecule has 0 radical (unpaired) electrons. The minimum Gasteiger partial charge on any atom is -0.451 e. The number of Topliss-reactive ketones (excluding diaryl/α,β-unsaturated/α-hetero) is 1. The van der Waals surface area contributed by atoms with Crippen molar-refractivity contribution in [3.8, 4) is 0 Å². The summed E-state index contributed by atoms with van der Waals surface area (Å²) >= 11 is 0. The second-order valence-corrected chi connectivity index (χ2v) is 5.04. The molecule has 2 aromatic rings. The summed E-state index contributed by atoms with van der Waals surface area (Å²) in [5.41, 5.74) is 1.39. The summed E-state index contributed by atoms with van der Waals surface area (Å²) in [7, 11) is 0. The van der Waals surface area contributed by atoms with Crippen LogP contribution in [0, 0.1) is 0 Å². The molecule has 0 saturated heterocycles. The molecule has 2 aromatic carbocycles. The maximum atomic E-state index is 12.2. The lowest BCUT2D eigenvalue weighted by atomic mass is 10.1. The van der Waals surface area contributed by atoms with E-state index >= 15 is 0 Å². The highest BCUT2D eigenvalue weighted by molar-refractivity contribution is 6.01. The van der Waals surface area contributed by atoms with Crippen LogP contribution in [0.2, 0.25) is 0 Å². The van der Waals surface area contributed by atoms with Crippen LogP contribution in [-0.2, 0) is 9.53 Å². The third kappa shape index (κ3) is 4.51. The van der Waals surface area contributed by atoms with Crippen LogP contribution in [-0.4, -0.2) is 23.8 Å². The lowest BCUT2D eigenvalue weighted by Gasteiger charge is -2.12. The number of hydrogen-bond donors (Lipinski definition) is 1. The molecule has 0 fully saturated rings. The Bertz CT molecular complexity index is 708. The van der Waals surface area contributed by atoms with Crippen molar-refractivity contribution in [2.24, 2.45) is 0 Å². The Hall–Kier alpha value is -2.95. The topological polar surface area (TPSA) is 72.5 Å². The summed E-state index contributed by atoms with van der Waals surface area (Å²) in [6.07, 6.45) is -0.875. The van der Waals surface area contributed by atoms with Crippen LogP contribution in [0.3, 0.4) is 0 Å². The molecule has 0 heterocycles. The van der Waals surface area contributed by atoms with Gasteiger partial charge in [-0.15, -0.1) is 0 Å². The second kappa shape index (κ2) is 7.35. The molecule has 23 heavy (non-hydrogen) atoms. The Labute approximate surface area is 134 Å². The highest BCUT2D eigenvalue weighted by atomic mass is 16.5. The Kier molecular flexibility index (Phi) is 5.25. The standard InChI is InChI=1S/C18H17NO4/c1-12(17(21)14-6-4-3-5-7-14)23-18(22)15-8-10-16(11-9-15)19-13(2)20/h3-12H,1-2H3,(H,19,20)/t12-/m0/s1. The number of amides is 1. The number of benzene rings is 2. The highest BCUT2D eigenvalue weighted by Gasteiger charge is 2.20. The molecule has 0 saturated carbocycles. The second-order valence-electron chi connectivity index (χ2n) is 5.04. The molecule has 0 aliphatic rings. The largest absolute Gasteiger partial charge is 0.451 e. The molecule has 0 spiro atoms. The van der Waals surface area contributed by atoms with E-state index in [9.17, 15) is 14.4 Å². The number of hydrogen-bond acceptors (Lipinski definition) is 4. The zero-order valence-electron chi connectivity index (χ0n) is 12.9. The van der Waals surface area contributed by atoms with Crippen molar-refractivity contribution < 1.29 is 19.1 Å². The summed E-state index contributed by atoms with van der Waals surface area (Å²) in [5, 5.41) is 2.61. The number of carbonyl (C=O) groups is 3. The average molecular weight is 311 g/mol. The van der Waals surface area contributed by atoms with Gasteiger partial charge in [0.25, 0.3) is 0 Å². The first-order chi connectivity index (χ1) is 11.0. The van der Waals surface area contributed by atoms with E-state index in [0.29, 0.717) is 16.8 Å². The first-order valence-corrected chi connectivity index (χ1v) is 7.15. The minimum absolute atomic E-state index is 0.192. The summed E-state index contributed by atoms with van der Waals surface area (Å²) in [4.78, 5) is 35.2. The molecule has 0 aliphatic carbocycles. The Balaban J connectivity index is 2.01. The highest BCUT2D eigenvalue weighted by Crippen LogP contribution is 2.13. The number of anilines is 1. The average Bonchev–Trinajstić information content (AvgIpc) is 2.55. The van der Waals surface area contributed by atoms with Crippen molar-refractivity contribution >= 4 is 23.3 Å². The van der Waals surface area contributed by atoms with Crippen LogP contribution in [0.1, 0.15) is 34.6 Å². The van der Waals surface area contributed by atoms with Gasteiger partial charge < -0.3 is 10.1 Å². The number of carbonyl (C=O) groups excluding carboxylic acids is 3. The van der Waals surface area contributed by atoms with Gasteiger partial charge in [0.05, 0.1) is 5.56 Å². The molecule has 1 N–H and O–H groups in total. The van der Waals surface area contributed by atoms with Crippen LogP contribution >= 0.6 is 0 Å². The zero-order chi connectivity index (χ0) is 16.8. The Morgan fingerprint density at radius 3 is 2.09 bits per heavy atom. The smallest absolute Gasteiger partial charge is 0.338 e. The van der Waals surface area contributed by atoms with Gasteiger partial charge in [-0.1, -0.05) is 30.3 Å². The third-order valence-electron chi connectivity index (χ3n) is 3.15. The van der Waals surface area contributed by atoms with E-state index in [1.54, 1.807) is 43.3 Å². The van der Waals surface area contributed by atoms with Crippen LogP contribution in [0.5, 0.6) is 0 Å². The summed E-state index contributed by atoms with van der Waals surface area (Å²) in [6.45, 7) is 2.94. The molecule has 5 nitrogen and oxygen atoms in total. The molecule has 0 bridgehead atoms. The number of ether oxygens (including phenoxy) is 1. The normalized spacial score (nSPS) is 11.4. The molecule has 2 rings (SSSR count). The van der Waals surface area contributed by atoms with Gasteiger partial charge in [0.15, 0.2) is 6.10 Å². The van der Waals surface area contributed by atoms with Crippen molar-refractivity contribution in [3.63, 3.8) is 0 Å². The van der Waals surface area contributed by atoms with Gasteiger partial charge in [-0.25, -0.2) is 4.79 Å². The summed E-state index contributed by atoms with van der Waals surface area (Å²) in [5.74, 6) is -1.03. The van der Waals surface area contributed by atoms with Crippen molar-refractivity contribution in [2.45, 2.75) is 20.0 Å². The lowest BCUT2D eigenvalue weighted by molar-refractivity contribution is -0.114. The van der Waals surface area contributed by atoms with Crippen LogP contribution in [0.4, 0.5) is 5.69 Å². The molecule has 1 amide bonds. The number of esters is 1. The fraction of sp³-hybridized carbons (Fsp3) is 0.167. The molecule has 0 aliphatic heterocycles. The molecule has 1 atom stereocenters. The first-order valence-electron chi connectivity index (χ1n) is 7.15. The van der Waals surface area contributed by atoms with Crippen molar-refractivity contribution in [1.29, 1.82) is 0 Å². The zero-order valence-corrected chi connectivity index (χ0v) is 12.9. The molecule has 0 unspecified atom stereocenters. The molecule has 118 valence electrons. The molecular formula is C18H17NO4. The Morgan fingerprint density at radius 2 is 1.52 bits per heavy atom. The fourth-order valence-corrected chi connectivity index (χ4v) is 2.01. The van der Waals surface area contributed by atoms with E-state index in [1.165, 1.54) is 19.1 Å². The van der Waals surface area contributed by atoms with Crippen LogP contribution in [0.25, 0.3) is 0 Å². The summed E-state index contributed by atoms with van der Waals surface area (Å²) in [6, 6.07) is 14.9. The monoisotopic (exact) mass is 311 g/mol. The first kappa shape index (κ1) is 16.4. The van der Waals surface area contributed by atoms with Gasteiger partial charge in [-0.2, -0.15) is 0 Å². The van der Waals surface area contributed by atoms with Gasteiger partial charge in [-0.05, 0) is 31.2 Å². The van der Waals surface area contributed by atoms with E-state index in [0.717, 1.165) is 0 Å². The van der Waals surface area contributed by atoms with Gasteiger partial charge >= 0.3 is 5.97 Å². The minimum atomic E-state index is -0.875. The molecule has 5 heteroatoms. The van der Waals surface area contributed by atoms with Crippen molar-refractivity contribution in [2.75, 3.05) is 5.32 Å². The Morgan fingerprint density at radius 1 is 0.913 bits per heavy atom. The van der Waals surface area contributed by atoms with Gasteiger partial charge in [0.1, 0.15) is 0 Å². The predicted molar refractivity (Wildman–Crippen MR) is 86.4 cm³/mol. The maximum absolute atomic E-state index is 12.2. The van der Waals surface area contributed by atoms with Crippen molar-refractivity contribution in [1.82, 2.24) is 0 Å². The summed E-state index contributed by atoms with van der Waals surface area (Å²) < 4.78 is 5.20. The fourth-order valence-electron chi connectivity index (χ4n) is 2.01. The number of rotatable bonds is 5. The SMILES string of the molecule is CC(=O)Nc1ccc(C(=O)O[C@@H](C)C(=O)c2ccccc2)cc1. The lowest BCUT2D eigenvalue weighted by Crippen LogP contribution is -2.24. The number of ketones is 1. The van der Waals surface area contributed by atoms with Crippen molar-refractivity contribution in [3.05, 3.63) is 65.7 Å². The third-order valence-corrected chi connectivity index (χ3v) is 3.15. The van der Waals surface area contributed by atoms with Crippen LogP contribution < -0.4 is 5.32 Å². The van der Waals surface area contributed by atoms with Gasteiger partial charge in [0, 0.05) is 18.2 Å². The van der Waals surface area contributed by atoms with E-state index in [-0.39, 0.29) is 11.7 Å².